The smallest absolute Gasteiger partial charge is 0.350 e. The molecule has 0 unspecified atom stereocenters. The molecule has 0 bridgehead atoms. The Hall–Kier alpha value is -2.68. The number of esters is 1. The van der Waals surface area contributed by atoms with Crippen LogP contribution in [-0.2, 0) is 14.3 Å². The number of nitrogens with zero attached hydrogens (tertiary/aromatic N) is 1. The highest BCUT2D eigenvalue weighted by molar-refractivity contribution is 7.21. The van der Waals surface area contributed by atoms with Gasteiger partial charge in [-0.3, -0.25) is 9.59 Å². The van der Waals surface area contributed by atoms with Gasteiger partial charge in [-0.2, -0.15) is 0 Å². The van der Waals surface area contributed by atoms with E-state index in [9.17, 15) is 14.4 Å². The number of amides is 2. The molecule has 2 aromatic rings. The van der Waals surface area contributed by atoms with Crippen molar-refractivity contribution in [2.45, 2.75) is 32.7 Å². The van der Waals surface area contributed by atoms with Gasteiger partial charge in [0.05, 0.1) is 24.8 Å². The first-order chi connectivity index (χ1) is 12.4. The number of aromatic nitrogens is 1. The number of ether oxygens (including phenoxy) is 2. The zero-order valence-corrected chi connectivity index (χ0v) is 15.5. The first-order valence-corrected chi connectivity index (χ1v) is 9.01. The van der Waals surface area contributed by atoms with E-state index < -0.39 is 12.0 Å². The Morgan fingerprint density at radius 1 is 1.46 bits per heavy atom. The van der Waals surface area contributed by atoms with E-state index in [1.54, 1.807) is 13.0 Å². The standard InChI is InChI=1S/C17H19N3O5S/c1-4-25-17(23)14-13(20-15(22)9-5-6-11(21)19-9)12-10(24-3)7-8(2)18-16(12)26-14/h7,9H,4-6H2,1-3H3,(H,19,21)(H,20,22)/t9-/m1/s1. The second kappa shape index (κ2) is 7.28. The van der Waals surface area contributed by atoms with E-state index in [4.69, 9.17) is 9.47 Å². The van der Waals surface area contributed by atoms with Crippen LogP contribution in [-0.4, -0.2) is 42.5 Å². The highest BCUT2D eigenvalue weighted by atomic mass is 32.1. The highest BCUT2D eigenvalue weighted by Crippen LogP contribution is 2.41. The molecule has 2 amide bonds. The molecular weight excluding hydrogens is 358 g/mol. The van der Waals surface area contributed by atoms with Gasteiger partial charge in [0.25, 0.3) is 0 Å². The fourth-order valence-corrected chi connectivity index (χ4v) is 3.91. The fraction of sp³-hybridized carbons (Fsp3) is 0.412. The summed E-state index contributed by atoms with van der Waals surface area (Å²) in [6.07, 6.45) is 0.716. The van der Waals surface area contributed by atoms with Crippen molar-refractivity contribution in [3.63, 3.8) is 0 Å². The second-order valence-corrected chi connectivity index (χ2v) is 6.82. The number of methoxy groups -OCH3 is 1. The Morgan fingerprint density at radius 2 is 2.23 bits per heavy atom. The maximum atomic E-state index is 12.6. The van der Waals surface area contributed by atoms with Crippen molar-refractivity contribution in [2.75, 3.05) is 19.0 Å². The molecular formula is C17H19N3O5S. The third-order valence-electron chi connectivity index (χ3n) is 3.99. The first kappa shape index (κ1) is 18.1. The van der Waals surface area contributed by atoms with Crippen LogP contribution in [0.25, 0.3) is 10.2 Å². The molecule has 0 aliphatic carbocycles. The summed E-state index contributed by atoms with van der Waals surface area (Å²) < 4.78 is 10.5. The van der Waals surface area contributed by atoms with Crippen LogP contribution in [0.2, 0.25) is 0 Å². The highest BCUT2D eigenvalue weighted by Gasteiger charge is 2.30. The Bertz CT molecular complexity index is 892. The number of anilines is 1. The van der Waals surface area contributed by atoms with Gasteiger partial charge in [0.15, 0.2) is 0 Å². The van der Waals surface area contributed by atoms with Crippen molar-refractivity contribution in [1.29, 1.82) is 0 Å². The minimum atomic E-state index is -0.628. The number of nitrogens with one attached hydrogen (secondary N) is 2. The van der Waals surface area contributed by atoms with Crippen LogP contribution in [0.1, 0.15) is 35.1 Å². The molecule has 0 saturated carbocycles. The van der Waals surface area contributed by atoms with Gasteiger partial charge in [0.2, 0.25) is 11.8 Å². The van der Waals surface area contributed by atoms with Crippen molar-refractivity contribution in [1.82, 2.24) is 10.3 Å². The monoisotopic (exact) mass is 377 g/mol. The zero-order valence-electron chi connectivity index (χ0n) is 14.7. The van der Waals surface area contributed by atoms with Crippen LogP contribution < -0.4 is 15.4 Å². The number of fused-ring (bicyclic) bond motifs is 1. The lowest BCUT2D eigenvalue weighted by molar-refractivity contribution is -0.122. The summed E-state index contributed by atoms with van der Waals surface area (Å²) in [6, 6.07) is 1.11. The normalized spacial score (nSPS) is 16.4. The van der Waals surface area contributed by atoms with Crippen molar-refractivity contribution in [2.24, 2.45) is 0 Å². The van der Waals surface area contributed by atoms with Crippen LogP contribution >= 0.6 is 11.3 Å². The molecule has 1 aliphatic heterocycles. The third kappa shape index (κ3) is 3.34. The number of hydrogen-bond acceptors (Lipinski definition) is 7. The number of aryl methyl sites for hydroxylation is 1. The van der Waals surface area contributed by atoms with Gasteiger partial charge < -0.3 is 20.1 Å². The maximum Gasteiger partial charge on any atom is 0.350 e. The van der Waals surface area contributed by atoms with E-state index in [-0.39, 0.29) is 23.3 Å². The van der Waals surface area contributed by atoms with Gasteiger partial charge in [-0.1, -0.05) is 0 Å². The van der Waals surface area contributed by atoms with Gasteiger partial charge in [0.1, 0.15) is 21.5 Å². The van der Waals surface area contributed by atoms with Gasteiger partial charge >= 0.3 is 5.97 Å². The quantitative estimate of drug-likeness (QED) is 0.772. The molecule has 1 atom stereocenters. The summed E-state index contributed by atoms with van der Waals surface area (Å²) in [6.45, 7) is 3.74. The Balaban J connectivity index is 2.07. The van der Waals surface area contributed by atoms with Crippen molar-refractivity contribution < 1.29 is 23.9 Å². The summed E-state index contributed by atoms with van der Waals surface area (Å²) in [5.41, 5.74) is 1.03. The second-order valence-electron chi connectivity index (χ2n) is 5.82. The molecule has 1 fully saturated rings. The molecule has 1 aliphatic rings. The molecule has 3 heterocycles. The Labute approximate surface area is 153 Å². The average molecular weight is 377 g/mol. The first-order valence-electron chi connectivity index (χ1n) is 8.20. The molecule has 8 nitrogen and oxygen atoms in total. The van der Waals surface area contributed by atoms with Crippen LogP contribution in [0.15, 0.2) is 6.07 Å². The molecule has 2 N–H and O–H groups in total. The number of thiophene rings is 1. The Morgan fingerprint density at radius 3 is 2.85 bits per heavy atom. The van der Waals surface area contributed by atoms with E-state index in [0.717, 1.165) is 17.0 Å². The molecule has 0 radical (unpaired) electrons. The number of pyridine rings is 1. The van der Waals surface area contributed by atoms with Crippen LogP contribution in [0, 0.1) is 6.92 Å². The Kier molecular flexibility index (Phi) is 5.08. The van der Waals surface area contributed by atoms with Gasteiger partial charge in [-0.05, 0) is 20.3 Å². The van der Waals surface area contributed by atoms with Crippen molar-refractivity contribution in [3.05, 3.63) is 16.6 Å². The van der Waals surface area contributed by atoms with E-state index in [1.807, 2.05) is 6.92 Å². The lowest BCUT2D eigenvalue weighted by Gasteiger charge is -2.13. The number of rotatable bonds is 5. The largest absolute Gasteiger partial charge is 0.496 e. The molecule has 26 heavy (non-hydrogen) atoms. The van der Waals surface area contributed by atoms with Crippen LogP contribution in [0.4, 0.5) is 5.69 Å². The minimum absolute atomic E-state index is 0.166. The van der Waals surface area contributed by atoms with E-state index in [1.165, 1.54) is 7.11 Å². The predicted octanol–water partition coefficient (Wildman–Crippen LogP) is 2.01. The molecule has 9 heteroatoms. The lowest BCUT2D eigenvalue weighted by atomic mass is 10.2. The van der Waals surface area contributed by atoms with Gasteiger partial charge in [0, 0.05) is 18.2 Å². The van der Waals surface area contributed by atoms with Crippen molar-refractivity contribution in [3.8, 4) is 5.75 Å². The summed E-state index contributed by atoms with van der Waals surface area (Å²) in [5, 5.41) is 5.93. The molecule has 0 spiro atoms. The van der Waals surface area contributed by atoms with Crippen molar-refractivity contribution >= 4 is 45.0 Å². The SMILES string of the molecule is CCOC(=O)c1sc2nc(C)cc(OC)c2c1NC(=O)[C@H]1CCC(=O)N1. The summed E-state index contributed by atoms with van der Waals surface area (Å²) in [4.78, 5) is 41.6. The van der Waals surface area contributed by atoms with Gasteiger partial charge in [-0.15, -0.1) is 11.3 Å². The van der Waals surface area contributed by atoms with E-state index >= 15 is 0 Å². The van der Waals surface area contributed by atoms with E-state index in [2.05, 4.69) is 15.6 Å². The summed E-state index contributed by atoms with van der Waals surface area (Å²) in [7, 11) is 1.51. The van der Waals surface area contributed by atoms with E-state index in [0.29, 0.717) is 34.5 Å². The predicted molar refractivity (Wildman–Crippen MR) is 96.7 cm³/mol. The molecule has 138 valence electrons. The topological polar surface area (TPSA) is 107 Å². The molecule has 0 aromatic carbocycles. The third-order valence-corrected chi connectivity index (χ3v) is 5.06. The summed E-state index contributed by atoms with van der Waals surface area (Å²) >= 11 is 1.13. The lowest BCUT2D eigenvalue weighted by Crippen LogP contribution is -2.37. The molecule has 2 aromatic heterocycles. The summed E-state index contributed by atoms with van der Waals surface area (Å²) in [5.74, 6) is -0.587. The maximum absolute atomic E-state index is 12.6. The fourth-order valence-electron chi connectivity index (χ4n) is 2.82. The number of hydrogen-bond donors (Lipinski definition) is 2. The molecule has 3 rings (SSSR count). The number of carbonyl (C=O) groups excluding carboxylic acids is 3. The average Bonchev–Trinajstić information content (AvgIpc) is 3.18. The minimum Gasteiger partial charge on any atom is -0.496 e. The van der Waals surface area contributed by atoms with Crippen LogP contribution in [0.3, 0.4) is 0 Å². The van der Waals surface area contributed by atoms with Crippen LogP contribution in [0.5, 0.6) is 5.75 Å². The van der Waals surface area contributed by atoms with Gasteiger partial charge in [-0.25, -0.2) is 9.78 Å². The zero-order chi connectivity index (χ0) is 18.8. The molecule has 1 saturated heterocycles. The number of carbonyl (C=O) groups is 3.